The molecule has 2 amide bonds. The van der Waals surface area contributed by atoms with Crippen molar-refractivity contribution in [1.29, 1.82) is 0 Å². The van der Waals surface area contributed by atoms with E-state index in [0.29, 0.717) is 43.9 Å². The molecule has 0 saturated carbocycles. The van der Waals surface area contributed by atoms with Crippen molar-refractivity contribution in [2.75, 3.05) is 26.2 Å². The number of carbonyl (C=O) groups is 2. The van der Waals surface area contributed by atoms with Gasteiger partial charge in [-0.25, -0.2) is 0 Å². The lowest BCUT2D eigenvalue weighted by molar-refractivity contribution is -0.384. The molecule has 140 valence electrons. The zero-order valence-corrected chi connectivity index (χ0v) is 14.7. The van der Waals surface area contributed by atoms with E-state index < -0.39 is 4.92 Å². The Kier molecular flexibility index (Phi) is 5.46. The summed E-state index contributed by atoms with van der Waals surface area (Å²) >= 11 is 0. The van der Waals surface area contributed by atoms with E-state index in [1.165, 1.54) is 24.3 Å². The zero-order valence-electron chi connectivity index (χ0n) is 14.7. The molecule has 0 spiro atoms. The molecule has 1 heterocycles. The molecule has 1 aliphatic heterocycles. The SMILES string of the molecule is NCc1ccc(C(=O)N2CCN(C(=O)c3ccc([N+](=O)[O-])cc3)CC2)cc1. The number of amides is 2. The first-order valence-electron chi connectivity index (χ1n) is 8.61. The number of piperazine rings is 1. The van der Waals surface area contributed by atoms with Gasteiger partial charge in [-0.05, 0) is 29.8 Å². The lowest BCUT2D eigenvalue weighted by atomic mass is 10.1. The number of carbonyl (C=O) groups excluding carboxylic acids is 2. The van der Waals surface area contributed by atoms with Crippen LogP contribution in [0.3, 0.4) is 0 Å². The normalized spacial score (nSPS) is 14.1. The summed E-state index contributed by atoms with van der Waals surface area (Å²) in [6, 6.07) is 12.7. The van der Waals surface area contributed by atoms with E-state index in [0.717, 1.165) is 5.56 Å². The van der Waals surface area contributed by atoms with Gasteiger partial charge in [0.2, 0.25) is 0 Å². The van der Waals surface area contributed by atoms with Crippen LogP contribution in [0.2, 0.25) is 0 Å². The molecule has 2 aromatic carbocycles. The lowest BCUT2D eigenvalue weighted by Gasteiger charge is -2.34. The van der Waals surface area contributed by atoms with Crippen LogP contribution in [0.1, 0.15) is 26.3 Å². The number of benzene rings is 2. The van der Waals surface area contributed by atoms with Crippen molar-refractivity contribution in [3.05, 3.63) is 75.3 Å². The van der Waals surface area contributed by atoms with Crippen LogP contribution in [-0.4, -0.2) is 52.7 Å². The summed E-state index contributed by atoms with van der Waals surface area (Å²) < 4.78 is 0. The fourth-order valence-corrected chi connectivity index (χ4v) is 2.99. The molecule has 1 aliphatic rings. The second kappa shape index (κ2) is 7.96. The van der Waals surface area contributed by atoms with E-state index in [9.17, 15) is 19.7 Å². The molecule has 0 bridgehead atoms. The Hall–Kier alpha value is -3.26. The molecule has 8 nitrogen and oxygen atoms in total. The van der Waals surface area contributed by atoms with E-state index >= 15 is 0 Å². The number of rotatable bonds is 4. The molecule has 0 aromatic heterocycles. The Morgan fingerprint density at radius 2 is 1.26 bits per heavy atom. The molecule has 0 atom stereocenters. The molecule has 27 heavy (non-hydrogen) atoms. The van der Waals surface area contributed by atoms with Crippen LogP contribution in [0, 0.1) is 10.1 Å². The smallest absolute Gasteiger partial charge is 0.269 e. The van der Waals surface area contributed by atoms with Crippen molar-refractivity contribution in [1.82, 2.24) is 9.80 Å². The molecule has 0 aliphatic carbocycles. The number of hydrogen-bond donors (Lipinski definition) is 1. The van der Waals surface area contributed by atoms with Gasteiger partial charge in [-0.1, -0.05) is 12.1 Å². The number of nitrogens with two attached hydrogens (primary N) is 1. The van der Waals surface area contributed by atoms with Gasteiger partial charge in [-0.2, -0.15) is 0 Å². The highest BCUT2D eigenvalue weighted by Crippen LogP contribution is 2.16. The first kappa shape index (κ1) is 18.5. The Balaban J connectivity index is 1.59. The lowest BCUT2D eigenvalue weighted by Crippen LogP contribution is -2.50. The second-order valence-corrected chi connectivity index (χ2v) is 6.29. The van der Waals surface area contributed by atoms with Crippen LogP contribution in [-0.2, 0) is 6.54 Å². The maximum Gasteiger partial charge on any atom is 0.269 e. The highest BCUT2D eigenvalue weighted by Gasteiger charge is 2.25. The minimum Gasteiger partial charge on any atom is -0.335 e. The standard InChI is InChI=1S/C19H20N4O4/c20-13-14-1-3-15(4-2-14)18(24)21-9-11-22(12-10-21)19(25)16-5-7-17(8-6-16)23(26)27/h1-8H,9-13,20H2. The molecule has 1 fully saturated rings. The minimum atomic E-state index is -0.501. The van der Waals surface area contributed by atoms with Gasteiger partial charge < -0.3 is 15.5 Å². The summed E-state index contributed by atoms with van der Waals surface area (Å²) in [5, 5.41) is 10.7. The van der Waals surface area contributed by atoms with Gasteiger partial charge in [0.25, 0.3) is 17.5 Å². The van der Waals surface area contributed by atoms with Crippen molar-refractivity contribution in [3.63, 3.8) is 0 Å². The average Bonchev–Trinajstić information content (AvgIpc) is 2.73. The number of hydrogen-bond acceptors (Lipinski definition) is 5. The van der Waals surface area contributed by atoms with Crippen LogP contribution in [0.5, 0.6) is 0 Å². The maximum atomic E-state index is 12.6. The van der Waals surface area contributed by atoms with Crippen LogP contribution < -0.4 is 5.73 Å². The van der Waals surface area contributed by atoms with E-state index in [2.05, 4.69) is 0 Å². The summed E-state index contributed by atoms with van der Waals surface area (Å²) in [5.41, 5.74) is 7.48. The quantitative estimate of drug-likeness (QED) is 0.652. The van der Waals surface area contributed by atoms with Crippen LogP contribution in [0.4, 0.5) is 5.69 Å². The van der Waals surface area contributed by atoms with Gasteiger partial charge in [0, 0.05) is 56.0 Å². The number of non-ortho nitro benzene ring substituents is 1. The third kappa shape index (κ3) is 4.12. The summed E-state index contributed by atoms with van der Waals surface area (Å²) in [7, 11) is 0. The molecule has 0 radical (unpaired) electrons. The monoisotopic (exact) mass is 368 g/mol. The summed E-state index contributed by atoms with van der Waals surface area (Å²) in [4.78, 5) is 38.7. The predicted molar refractivity (Wildman–Crippen MR) is 99.2 cm³/mol. The fourth-order valence-electron chi connectivity index (χ4n) is 2.99. The average molecular weight is 368 g/mol. The maximum absolute atomic E-state index is 12.6. The Labute approximate surface area is 156 Å². The molecule has 3 rings (SSSR count). The number of nitro groups is 1. The summed E-state index contributed by atoms with van der Waals surface area (Å²) in [5.74, 6) is -0.259. The summed E-state index contributed by atoms with van der Waals surface area (Å²) in [6.45, 7) is 2.15. The van der Waals surface area contributed by atoms with Gasteiger partial charge in [-0.15, -0.1) is 0 Å². The first-order chi connectivity index (χ1) is 13.0. The topological polar surface area (TPSA) is 110 Å². The number of nitro benzene ring substituents is 1. The Morgan fingerprint density at radius 3 is 1.63 bits per heavy atom. The molecule has 8 heteroatoms. The minimum absolute atomic E-state index is 0.0531. The van der Waals surface area contributed by atoms with Crippen LogP contribution >= 0.6 is 0 Å². The second-order valence-electron chi connectivity index (χ2n) is 6.29. The number of nitrogens with zero attached hydrogens (tertiary/aromatic N) is 3. The van der Waals surface area contributed by atoms with Gasteiger partial charge >= 0.3 is 0 Å². The Bertz CT molecular complexity index is 841. The highest BCUT2D eigenvalue weighted by atomic mass is 16.6. The molecule has 2 aromatic rings. The zero-order chi connectivity index (χ0) is 19.4. The van der Waals surface area contributed by atoms with Gasteiger partial charge in [0.1, 0.15) is 0 Å². The molecule has 1 saturated heterocycles. The van der Waals surface area contributed by atoms with Crippen LogP contribution in [0.15, 0.2) is 48.5 Å². The third-order valence-electron chi connectivity index (χ3n) is 4.62. The predicted octanol–water partition coefficient (Wildman–Crippen LogP) is 1.65. The van der Waals surface area contributed by atoms with Gasteiger partial charge in [0.15, 0.2) is 0 Å². The van der Waals surface area contributed by atoms with E-state index in [-0.39, 0.29) is 17.5 Å². The van der Waals surface area contributed by atoms with Crippen molar-refractivity contribution < 1.29 is 14.5 Å². The van der Waals surface area contributed by atoms with Gasteiger partial charge in [0.05, 0.1) is 4.92 Å². The van der Waals surface area contributed by atoms with Gasteiger partial charge in [-0.3, -0.25) is 19.7 Å². The van der Waals surface area contributed by atoms with Crippen molar-refractivity contribution in [3.8, 4) is 0 Å². The van der Waals surface area contributed by atoms with Crippen molar-refractivity contribution in [2.45, 2.75) is 6.54 Å². The molecule has 0 unspecified atom stereocenters. The van der Waals surface area contributed by atoms with Crippen molar-refractivity contribution in [2.24, 2.45) is 5.73 Å². The fraction of sp³-hybridized carbons (Fsp3) is 0.263. The Morgan fingerprint density at radius 1 is 0.852 bits per heavy atom. The molecular weight excluding hydrogens is 348 g/mol. The summed E-state index contributed by atoms with van der Waals surface area (Å²) in [6.07, 6.45) is 0. The third-order valence-corrected chi connectivity index (χ3v) is 4.62. The first-order valence-corrected chi connectivity index (χ1v) is 8.61. The highest BCUT2D eigenvalue weighted by molar-refractivity contribution is 5.96. The van der Waals surface area contributed by atoms with Crippen molar-refractivity contribution >= 4 is 17.5 Å². The molecular formula is C19H20N4O4. The van der Waals surface area contributed by atoms with E-state index in [1.54, 1.807) is 21.9 Å². The molecule has 2 N–H and O–H groups in total. The van der Waals surface area contributed by atoms with E-state index in [1.807, 2.05) is 12.1 Å². The van der Waals surface area contributed by atoms with E-state index in [4.69, 9.17) is 5.73 Å². The largest absolute Gasteiger partial charge is 0.335 e. The van der Waals surface area contributed by atoms with Crippen LogP contribution in [0.25, 0.3) is 0 Å².